The molecule has 112 valence electrons. The zero-order chi connectivity index (χ0) is 15.4. The van der Waals surface area contributed by atoms with E-state index >= 15 is 0 Å². The molecule has 21 heavy (non-hydrogen) atoms. The fourth-order valence-electron chi connectivity index (χ4n) is 2.23. The van der Waals surface area contributed by atoms with E-state index in [1.165, 1.54) is 16.8 Å². The SMILES string of the molecule is CCC(=O)N1N=C(SC)N(C(=O)CC)C1c1ccccc1. The molecule has 0 saturated heterocycles. The van der Waals surface area contributed by atoms with E-state index in [0.717, 1.165) is 5.56 Å². The molecule has 0 radical (unpaired) electrons. The summed E-state index contributed by atoms with van der Waals surface area (Å²) in [6.45, 7) is 3.61. The van der Waals surface area contributed by atoms with E-state index in [0.29, 0.717) is 18.0 Å². The number of amidine groups is 1. The largest absolute Gasteiger partial charge is 0.274 e. The maximum Gasteiger partial charge on any atom is 0.244 e. The van der Waals surface area contributed by atoms with Crippen molar-refractivity contribution in [1.29, 1.82) is 0 Å². The number of benzene rings is 1. The fourth-order valence-corrected chi connectivity index (χ4v) is 2.80. The maximum atomic E-state index is 12.3. The zero-order valence-corrected chi connectivity index (χ0v) is 13.3. The number of hydrogen-bond acceptors (Lipinski definition) is 4. The summed E-state index contributed by atoms with van der Waals surface area (Å²) in [6, 6.07) is 9.53. The van der Waals surface area contributed by atoms with Crippen LogP contribution in [0.25, 0.3) is 0 Å². The van der Waals surface area contributed by atoms with Gasteiger partial charge in [0.2, 0.25) is 11.8 Å². The molecule has 0 N–H and O–H groups in total. The van der Waals surface area contributed by atoms with Crippen molar-refractivity contribution in [3.8, 4) is 0 Å². The van der Waals surface area contributed by atoms with Crippen LogP contribution in [0, 0.1) is 0 Å². The summed E-state index contributed by atoms with van der Waals surface area (Å²) in [6.07, 6.45) is 2.10. The summed E-state index contributed by atoms with van der Waals surface area (Å²) < 4.78 is 0. The highest BCUT2D eigenvalue weighted by atomic mass is 32.2. The van der Waals surface area contributed by atoms with Crippen molar-refractivity contribution in [2.45, 2.75) is 32.9 Å². The molecule has 1 heterocycles. The smallest absolute Gasteiger partial charge is 0.244 e. The van der Waals surface area contributed by atoms with Crippen LogP contribution < -0.4 is 0 Å². The van der Waals surface area contributed by atoms with Crippen molar-refractivity contribution < 1.29 is 9.59 Å². The molecule has 6 heteroatoms. The lowest BCUT2D eigenvalue weighted by Crippen LogP contribution is -2.40. The summed E-state index contributed by atoms with van der Waals surface area (Å²) in [5.74, 6) is -0.134. The van der Waals surface area contributed by atoms with Gasteiger partial charge in [-0.2, -0.15) is 0 Å². The highest BCUT2D eigenvalue weighted by Crippen LogP contribution is 2.34. The summed E-state index contributed by atoms with van der Waals surface area (Å²) >= 11 is 1.38. The number of thioether (sulfide) groups is 1. The lowest BCUT2D eigenvalue weighted by Gasteiger charge is -2.29. The molecule has 1 unspecified atom stereocenters. The van der Waals surface area contributed by atoms with Crippen LogP contribution in [0.15, 0.2) is 35.4 Å². The maximum absolute atomic E-state index is 12.3. The topological polar surface area (TPSA) is 53.0 Å². The van der Waals surface area contributed by atoms with Gasteiger partial charge in [-0.05, 0) is 11.8 Å². The van der Waals surface area contributed by atoms with Crippen LogP contribution in [-0.2, 0) is 9.59 Å². The van der Waals surface area contributed by atoms with E-state index in [1.54, 1.807) is 11.8 Å². The molecule has 0 fully saturated rings. The first-order chi connectivity index (χ1) is 10.1. The second kappa shape index (κ2) is 6.76. The minimum Gasteiger partial charge on any atom is -0.274 e. The van der Waals surface area contributed by atoms with Crippen LogP contribution in [-0.4, -0.2) is 33.1 Å². The van der Waals surface area contributed by atoms with Crippen LogP contribution in [0.5, 0.6) is 0 Å². The monoisotopic (exact) mass is 305 g/mol. The summed E-state index contributed by atoms with van der Waals surface area (Å²) in [7, 11) is 0. The Morgan fingerprint density at radius 3 is 2.29 bits per heavy atom. The number of hydrogen-bond donors (Lipinski definition) is 0. The number of carbonyl (C=O) groups excluding carboxylic acids is 2. The number of nitrogens with zero attached hydrogens (tertiary/aromatic N) is 3. The molecule has 0 saturated carbocycles. The molecule has 2 amide bonds. The average Bonchev–Trinajstić information content (AvgIpc) is 2.93. The molecular weight excluding hydrogens is 286 g/mol. The van der Waals surface area contributed by atoms with Crippen molar-refractivity contribution in [2.24, 2.45) is 5.10 Å². The minimum absolute atomic E-state index is 0.0386. The zero-order valence-electron chi connectivity index (χ0n) is 12.4. The molecule has 1 atom stereocenters. The van der Waals surface area contributed by atoms with Gasteiger partial charge in [0.25, 0.3) is 0 Å². The van der Waals surface area contributed by atoms with Gasteiger partial charge in [-0.1, -0.05) is 55.9 Å². The molecule has 0 aromatic heterocycles. The third-order valence-electron chi connectivity index (χ3n) is 3.29. The summed E-state index contributed by atoms with van der Waals surface area (Å²) in [4.78, 5) is 26.1. The van der Waals surface area contributed by atoms with E-state index in [9.17, 15) is 9.59 Å². The Bertz CT molecular complexity index is 559. The Morgan fingerprint density at radius 1 is 1.14 bits per heavy atom. The van der Waals surface area contributed by atoms with Gasteiger partial charge in [0, 0.05) is 12.8 Å². The van der Waals surface area contributed by atoms with Crippen LogP contribution in [0.3, 0.4) is 0 Å². The molecule has 1 aliphatic rings. The Morgan fingerprint density at radius 2 is 1.76 bits per heavy atom. The molecule has 0 aliphatic carbocycles. The van der Waals surface area contributed by atoms with Gasteiger partial charge in [-0.3, -0.25) is 14.5 Å². The third-order valence-corrected chi connectivity index (χ3v) is 3.93. The van der Waals surface area contributed by atoms with Crippen molar-refractivity contribution >= 4 is 28.7 Å². The van der Waals surface area contributed by atoms with Crippen LogP contribution in [0.4, 0.5) is 0 Å². The van der Waals surface area contributed by atoms with Gasteiger partial charge in [0.05, 0.1) is 0 Å². The predicted octanol–water partition coefficient (Wildman–Crippen LogP) is 2.81. The fraction of sp³-hybridized carbons (Fsp3) is 0.400. The van der Waals surface area contributed by atoms with Crippen molar-refractivity contribution in [3.05, 3.63) is 35.9 Å². The Labute approximate surface area is 129 Å². The van der Waals surface area contributed by atoms with Crippen LogP contribution in [0.2, 0.25) is 0 Å². The van der Waals surface area contributed by atoms with E-state index in [-0.39, 0.29) is 11.8 Å². The lowest BCUT2D eigenvalue weighted by atomic mass is 10.1. The van der Waals surface area contributed by atoms with Crippen LogP contribution in [0.1, 0.15) is 38.4 Å². The molecule has 0 bridgehead atoms. The first-order valence-corrected chi connectivity index (χ1v) is 8.18. The highest BCUT2D eigenvalue weighted by molar-refractivity contribution is 8.13. The molecular formula is C15H19N3O2S. The normalized spacial score (nSPS) is 17.9. The Hall–Kier alpha value is -1.82. The van der Waals surface area contributed by atoms with Crippen LogP contribution >= 0.6 is 11.8 Å². The number of hydrazone groups is 1. The second-order valence-electron chi connectivity index (χ2n) is 4.58. The summed E-state index contributed by atoms with van der Waals surface area (Å²) in [5, 5.41) is 6.35. The Kier molecular flexibility index (Phi) is 5.01. The van der Waals surface area contributed by atoms with E-state index in [2.05, 4.69) is 5.10 Å². The molecule has 1 aliphatic heterocycles. The predicted molar refractivity (Wildman–Crippen MR) is 84.4 cm³/mol. The third kappa shape index (κ3) is 2.95. The number of amides is 2. The van der Waals surface area contributed by atoms with E-state index in [4.69, 9.17) is 0 Å². The van der Waals surface area contributed by atoms with Gasteiger partial charge in [-0.25, -0.2) is 5.01 Å². The van der Waals surface area contributed by atoms with E-state index in [1.807, 2.05) is 43.5 Å². The van der Waals surface area contributed by atoms with Gasteiger partial charge in [-0.15, -0.1) is 5.10 Å². The molecule has 1 aromatic rings. The number of carbonyl (C=O) groups is 2. The molecule has 2 rings (SSSR count). The Balaban J connectivity index is 2.48. The van der Waals surface area contributed by atoms with Gasteiger partial charge < -0.3 is 0 Å². The average molecular weight is 305 g/mol. The quantitative estimate of drug-likeness (QED) is 0.863. The highest BCUT2D eigenvalue weighted by Gasteiger charge is 2.40. The van der Waals surface area contributed by atoms with Gasteiger partial charge in [0.15, 0.2) is 11.3 Å². The first-order valence-electron chi connectivity index (χ1n) is 6.95. The van der Waals surface area contributed by atoms with Gasteiger partial charge >= 0.3 is 0 Å². The molecule has 5 nitrogen and oxygen atoms in total. The lowest BCUT2D eigenvalue weighted by molar-refractivity contribution is -0.139. The second-order valence-corrected chi connectivity index (χ2v) is 5.35. The minimum atomic E-state index is -0.478. The van der Waals surface area contributed by atoms with Crippen molar-refractivity contribution in [1.82, 2.24) is 9.91 Å². The molecule has 0 spiro atoms. The summed E-state index contributed by atoms with van der Waals surface area (Å²) in [5.41, 5.74) is 0.883. The standard InChI is InChI=1S/C15H19N3O2S/c1-4-12(19)17-14(11-9-7-6-8-10-11)18(13(20)5-2)16-15(17)21-3/h6-10,14H,4-5H2,1-3H3. The number of rotatable bonds is 3. The molecule has 1 aromatic carbocycles. The first kappa shape index (κ1) is 15.6. The van der Waals surface area contributed by atoms with Crippen molar-refractivity contribution in [3.63, 3.8) is 0 Å². The van der Waals surface area contributed by atoms with Gasteiger partial charge in [0.1, 0.15) is 0 Å². The van der Waals surface area contributed by atoms with Crippen molar-refractivity contribution in [2.75, 3.05) is 6.26 Å². The van der Waals surface area contributed by atoms with E-state index < -0.39 is 6.17 Å².